The highest BCUT2D eigenvalue weighted by Gasteiger charge is 2.40. The minimum absolute atomic E-state index is 0.0437. The fourth-order valence-electron chi connectivity index (χ4n) is 4.40. The van der Waals surface area contributed by atoms with Crippen molar-refractivity contribution >= 4 is 17.3 Å². The number of aromatic nitrogens is 2. The number of benzene rings is 1. The Bertz CT molecular complexity index is 1010. The summed E-state index contributed by atoms with van der Waals surface area (Å²) in [6, 6.07) is 17.3. The molecule has 4 nitrogen and oxygen atoms in total. The third-order valence-corrected chi connectivity index (χ3v) is 6.10. The normalized spacial score (nSPS) is 18.9. The van der Waals surface area contributed by atoms with Crippen LogP contribution in [0.3, 0.4) is 0 Å². The van der Waals surface area contributed by atoms with Gasteiger partial charge in [0.15, 0.2) is 5.11 Å². The number of pyridine rings is 1. The van der Waals surface area contributed by atoms with E-state index in [0.29, 0.717) is 0 Å². The summed E-state index contributed by atoms with van der Waals surface area (Å²) in [7, 11) is 0. The topological polar surface area (TPSA) is 33.1 Å². The Hall–Kier alpha value is -2.66. The fraction of sp³-hybridized carbons (Fsp3) is 0.333. The van der Waals surface area contributed by atoms with Gasteiger partial charge in [0.2, 0.25) is 0 Å². The first kappa shape index (κ1) is 19.6. The summed E-state index contributed by atoms with van der Waals surface area (Å²) >= 11 is 5.73. The maximum Gasteiger partial charge on any atom is 0.170 e. The molecule has 5 heteroatoms. The maximum atomic E-state index is 5.73. The summed E-state index contributed by atoms with van der Waals surface area (Å²) in [5, 5.41) is 4.36. The van der Waals surface area contributed by atoms with E-state index < -0.39 is 0 Å². The van der Waals surface area contributed by atoms with Crippen LogP contribution in [0.4, 0.5) is 0 Å². The summed E-state index contributed by atoms with van der Waals surface area (Å²) in [6.45, 7) is 9.63. The van der Waals surface area contributed by atoms with Gasteiger partial charge in [0.25, 0.3) is 0 Å². The molecule has 2 aromatic heterocycles. The highest BCUT2D eigenvalue weighted by Crippen LogP contribution is 2.41. The Morgan fingerprint density at radius 1 is 1.07 bits per heavy atom. The van der Waals surface area contributed by atoms with Crippen molar-refractivity contribution in [3.05, 3.63) is 82.9 Å². The fourth-order valence-corrected chi connectivity index (χ4v) is 4.74. The van der Waals surface area contributed by atoms with E-state index in [1.807, 2.05) is 18.3 Å². The molecule has 2 atom stereocenters. The van der Waals surface area contributed by atoms with Crippen molar-refractivity contribution < 1.29 is 0 Å². The third kappa shape index (κ3) is 3.55. The van der Waals surface area contributed by atoms with E-state index in [0.717, 1.165) is 23.8 Å². The summed E-state index contributed by atoms with van der Waals surface area (Å²) in [6.07, 6.45) is 2.90. The van der Waals surface area contributed by atoms with Crippen LogP contribution >= 0.6 is 12.2 Å². The van der Waals surface area contributed by atoms with E-state index in [1.54, 1.807) is 0 Å². The molecule has 1 aliphatic heterocycles. The first-order valence-corrected chi connectivity index (χ1v) is 10.7. The van der Waals surface area contributed by atoms with E-state index in [9.17, 15) is 0 Å². The van der Waals surface area contributed by atoms with Crippen molar-refractivity contribution in [2.24, 2.45) is 0 Å². The van der Waals surface area contributed by atoms with Crippen LogP contribution in [0, 0.1) is 20.8 Å². The summed E-state index contributed by atoms with van der Waals surface area (Å²) in [5.74, 6) is 0. The van der Waals surface area contributed by atoms with Gasteiger partial charge < -0.3 is 14.8 Å². The predicted octanol–water partition coefficient (Wildman–Crippen LogP) is 5.18. The van der Waals surface area contributed by atoms with E-state index in [-0.39, 0.29) is 12.1 Å². The molecule has 1 N–H and O–H groups in total. The molecule has 150 valence electrons. The second-order valence-corrected chi connectivity index (χ2v) is 8.20. The predicted molar refractivity (Wildman–Crippen MR) is 122 cm³/mol. The van der Waals surface area contributed by atoms with Crippen LogP contribution in [-0.2, 0) is 0 Å². The average Bonchev–Trinajstić information content (AvgIpc) is 3.20. The molecule has 1 aromatic carbocycles. The van der Waals surface area contributed by atoms with Gasteiger partial charge in [0.05, 0.1) is 17.8 Å². The van der Waals surface area contributed by atoms with Crippen LogP contribution in [0.25, 0.3) is 5.69 Å². The van der Waals surface area contributed by atoms with E-state index in [2.05, 4.69) is 83.9 Å². The smallest absolute Gasteiger partial charge is 0.170 e. The second-order valence-electron chi connectivity index (χ2n) is 7.82. The number of rotatable bonds is 5. The lowest BCUT2D eigenvalue weighted by Crippen LogP contribution is -2.30. The standard InChI is InChI=1S/C24H28N4S/c1-5-14-27-23(22(26-24(27)29)21-8-6-7-13-25-21)20-15-17(3)28(18(20)4)19-11-9-16(2)10-12-19/h6-13,15,22-23H,5,14H2,1-4H3,(H,26,29)/t22-,23+/m1/s1. The quantitative estimate of drug-likeness (QED) is 0.594. The molecule has 0 amide bonds. The Kier molecular flexibility index (Phi) is 5.41. The first-order valence-electron chi connectivity index (χ1n) is 10.2. The lowest BCUT2D eigenvalue weighted by Gasteiger charge is -2.27. The van der Waals surface area contributed by atoms with Gasteiger partial charge in [-0.2, -0.15) is 0 Å². The molecular weight excluding hydrogens is 376 g/mol. The van der Waals surface area contributed by atoms with E-state index in [1.165, 1.54) is 28.2 Å². The van der Waals surface area contributed by atoms with Gasteiger partial charge >= 0.3 is 0 Å². The summed E-state index contributed by atoms with van der Waals surface area (Å²) in [4.78, 5) is 6.97. The number of nitrogens with zero attached hydrogens (tertiary/aromatic N) is 3. The Morgan fingerprint density at radius 2 is 1.83 bits per heavy atom. The van der Waals surface area contributed by atoms with Gasteiger partial charge in [-0.1, -0.05) is 30.7 Å². The minimum Gasteiger partial charge on any atom is -0.352 e. The van der Waals surface area contributed by atoms with Crippen LogP contribution in [-0.4, -0.2) is 26.1 Å². The van der Waals surface area contributed by atoms with Crippen molar-refractivity contribution in [3.63, 3.8) is 0 Å². The molecule has 0 radical (unpaired) electrons. The first-order chi connectivity index (χ1) is 14.0. The monoisotopic (exact) mass is 404 g/mol. The molecule has 4 rings (SSSR count). The molecule has 0 unspecified atom stereocenters. The minimum atomic E-state index is 0.0437. The van der Waals surface area contributed by atoms with Gasteiger partial charge in [0.1, 0.15) is 0 Å². The van der Waals surface area contributed by atoms with Crippen molar-refractivity contribution in [2.75, 3.05) is 6.54 Å². The number of aryl methyl sites for hydroxylation is 2. The van der Waals surface area contributed by atoms with Crippen molar-refractivity contribution in [3.8, 4) is 5.69 Å². The number of hydrogen-bond acceptors (Lipinski definition) is 2. The summed E-state index contributed by atoms with van der Waals surface area (Å²) < 4.78 is 2.34. The van der Waals surface area contributed by atoms with Crippen molar-refractivity contribution in [1.82, 2.24) is 19.8 Å². The Labute approximate surface area is 178 Å². The molecule has 29 heavy (non-hydrogen) atoms. The number of thiocarbonyl (C=S) groups is 1. The molecule has 0 saturated carbocycles. The number of hydrogen-bond donors (Lipinski definition) is 1. The molecule has 3 aromatic rings. The van der Waals surface area contributed by atoms with Crippen LogP contribution in [0.2, 0.25) is 0 Å². The Balaban J connectivity index is 1.82. The van der Waals surface area contributed by atoms with Gasteiger partial charge in [-0.3, -0.25) is 4.98 Å². The third-order valence-electron chi connectivity index (χ3n) is 5.74. The van der Waals surface area contributed by atoms with Gasteiger partial charge in [-0.15, -0.1) is 0 Å². The Morgan fingerprint density at radius 3 is 2.48 bits per heavy atom. The van der Waals surface area contributed by atoms with Gasteiger partial charge in [-0.05, 0) is 75.3 Å². The summed E-state index contributed by atoms with van der Waals surface area (Å²) in [5.41, 5.74) is 7.28. The zero-order valence-electron chi connectivity index (χ0n) is 17.5. The molecule has 1 saturated heterocycles. The lowest BCUT2D eigenvalue weighted by atomic mass is 9.96. The van der Waals surface area contributed by atoms with E-state index in [4.69, 9.17) is 12.2 Å². The SMILES string of the molecule is CCCN1C(=S)N[C@H](c2ccccn2)[C@@H]1c1cc(C)n(-c2ccc(C)cc2)c1C. The molecule has 1 fully saturated rings. The van der Waals surface area contributed by atoms with Crippen LogP contribution in [0.5, 0.6) is 0 Å². The van der Waals surface area contributed by atoms with Crippen molar-refractivity contribution in [1.29, 1.82) is 0 Å². The van der Waals surface area contributed by atoms with Crippen LogP contribution in [0.1, 0.15) is 53.6 Å². The molecule has 0 bridgehead atoms. The zero-order chi connectivity index (χ0) is 20.5. The van der Waals surface area contributed by atoms with Crippen LogP contribution < -0.4 is 5.32 Å². The molecular formula is C24H28N4S. The van der Waals surface area contributed by atoms with Crippen LogP contribution in [0.15, 0.2) is 54.7 Å². The van der Waals surface area contributed by atoms with Gasteiger partial charge in [-0.25, -0.2) is 0 Å². The maximum absolute atomic E-state index is 5.73. The highest BCUT2D eigenvalue weighted by atomic mass is 32.1. The highest BCUT2D eigenvalue weighted by molar-refractivity contribution is 7.80. The second kappa shape index (κ2) is 7.99. The average molecular weight is 405 g/mol. The molecule has 3 heterocycles. The molecule has 0 spiro atoms. The lowest BCUT2D eigenvalue weighted by molar-refractivity contribution is 0.316. The zero-order valence-corrected chi connectivity index (χ0v) is 18.3. The van der Waals surface area contributed by atoms with Gasteiger partial charge in [0, 0.05) is 29.8 Å². The van der Waals surface area contributed by atoms with E-state index >= 15 is 0 Å². The molecule has 0 aliphatic carbocycles. The molecule has 1 aliphatic rings. The number of nitrogens with one attached hydrogen (secondary N) is 1. The van der Waals surface area contributed by atoms with Crippen molar-refractivity contribution in [2.45, 2.75) is 46.2 Å². The largest absolute Gasteiger partial charge is 0.352 e.